The molecule has 1 fully saturated rings. The Bertz CT molecular complexity index is 101. The van der Waals surface area contributed by atoms with E-state index < -0.39 is 0 Å². The highest BCUT2D eigenvalue weighted by Gasteiger charge is 2.17. The van der Waals surface area contributed by atoms with E-state index in [1.807, 2.05) is 0 Å². The molecular weight excluding hydrogens is 120 g/mol. The maximum absolute atomic E-state index is 10.5. The molecule has 0 radical (unpaired) electrons. The van der Waals surface area contributed by atoms with E-state index in [4.69, 9.17) is 9.84 Å². The van der Waals surface area contributed by atoms with Crippen LogP contribution in [0.4, 0.5) is 0 Å². The molecular formula is C6H10O3. The fraction of sp³-hybridized carbons (Fsp3) is 0.833. The second-order valence-corrected chi connectivity index (χ2v) is 2.19. The molecule has 1 unspecified atom stereocenters. The molecule has 1 N–H and O–H groups in total. The van der Waals surface area contributed by atoms with Crippen LogP contribution in [0.5, 0.6) is 0 Å². The molecule has 0 aliphatic carbocycles. The third-order valence-corrected chi connectivity index (χ3v) is 1.43. The lowest BCUT2D eigenvalue weighted by Gasteiger charge is -2.18. The second kappa shape index (κ2) is 2.94. The molecule has 1 aliphatic rings. The number of rotatable bonds is 1. The predicted octanol–water partition coefficient (Wildman–Crippen LogP) is -0.273. The Morgan fingerprint density at radius 3 is 3.00 bits per heavy atom. The minimum Gasteiger partial charge on any atom is -0.394 e. The molecule has 0 bridgehead atoms. The molecule has 0 aromatic rings. The SMILES string of the molecule is O=C1CCC(CO)OC1. The van der Waals surface area contributed by atoms with Crippen molar-refractivity contribution < 1.29 is 14.6 Å². The van der Waals surface area contributed by atoms with E-state index in [0.29, 0.717) is 12.8 Å². The molecule has 3 nitrogen and oxygen atoms in total. The van der Waals surface area contributed by atoms with E-state index in [0.717, 1.165) is 0 Å². The van der Waals surface area contributed by atoms with Gasteiger partial charge in [0.2, 0.25) is 0 Å². The zero-order chi connectivity index (χ0) is 6.69. The van der Waals surface area contributed by atoms with Gasteiger partial charge in [0, 0.05) is 6.42 Å². The predicted molar refractivity (Wildman–Crippen MR) is 31.1 cm³/mol. The van der Waals surface area contributed by atoms with E-state index in [1.165, 1.54) is 0 Å². The van der Waals surface area contributed by atoms with E-state index in [9.17, 15) is 4.79 Å². The van der Waals surface area contributed by atoms with Gasteiger partial charge in [0.05, 0.1) is 12.7 Å². The van der Waals surface area contributed by atoms with Gasteiger partial charge in [-0.3, -0.25) is 4.79 Å². The Labute approximate surface area is 53.6 Å². The van der Waals surface area contributed by atoms with Crippen molar-refractivity contribution >= 4 is 5.78 Å². The van der Waals surface area contributed by atoms with Gasteiger partial charge in [0.15, 0.2) is 5.78 Å². The maximum Gasteiger partial charge on any atom is 0.158 e. The summed E-state index contributed by atoms with van der Waals surface area (Å²) < 4.78 is 4.94. The van der Waals surface area contributed by atoms with Crippen LogP contribution in [0, 0.1) is 0 Å². The van der Waals surface area contributed by atoms with Gasteiger partial charge in [-0.25, -0.2) is 0 Å². The van der Waals surface area contributed by atoms with Crippen molar-refractivity contribution in [2.45, 2.75) is 18.9 Å². The summed E-state index contributed by atoms with van der Waals surface area (Å²) in [6.07, 6.45) is 1.14. The van der Waals surface area contributed by atoms with Crippen LogP contribution in [0.15, 0.2) is 0 Å². The van der Waals surface area contributed by atoms with Crippen molar-refractivity contribution in [3.05, 3.63) is 0 Å². The van der Waals surface area contributed by atoms with Gasteiger partial charge in [0.1, 0.15) is 6.61 Å². The van der Waals surface area contributed by atoms with Crippen molar-refractivity contribution in [1.82, 2.24) is 0 Å². The first-order valence-corrected chi connectivity index (χ1v) is 3.07. The molecule has 1 heterocycles. The minimum absolute atomic E-state index is 0.0350. The lowest BCUT2D eigenvalue weighted by molar-refractivity contribution is -0.132. The summed E-state index contributed by atoms with van der Waals surface area (Å²) in [5.41, 5.74) is 0. The fourth-order valence-electron chi connectivity index (χ4n) is 0.832. The van der Waals surface area contributed by atoms with Crippen LogP contribution in [0.2, 0.25) is 0 Å². The molecule has 52 valence electrons. The first-order chi connectivity index (χ1) is 4.33. The summed E-state index contributed by atoms with van der Waals surface area (Å²) in [4.78, 5) is 10.5. The average Bonchev–Trinajstić information content (AvgIpc) is 1.90. The van der Waals surface area contributed by atoms with Crippen molar-refractivity contribution in [1.29, 1.82) is 0 Å². The average molecular weight is 130 g/mol. The van der Waals surface area contributed by atoms with Crippen molar-refractivity contribution in [3.63, 3.8) is 0 Å². The number of carbonyl (C=O) groups excluding carboxylic acids is 1. The van der Waals surface area contributed by atoms with Crippen LogP contribution in [-0.2, 0) is 9.53 Å². The largest absolute Gasteiger partial charge is 0.394 e. The number of ketones is 1. The molecule has 0 spiro atoms. The van der Waals surface area contributed by atoms with E-state index >= 15 is 0 Å². The number of hydrogen-bond donors (Lipinski definition) is 1. The van der Waals surface area contributed by atoms with Crippen LogP contribution in [0.3, 0.4) is 0 Å². The lowest BCUT2D eigenvalue weighted by Crippen LogP contribution is -2.28. The first kappa shape index (κ1) is 6.71. The summed E-state index contributed by atoms with van der Waals surface area (Å²) in [6.45, 7) is 0.221. The smallest absolute Gasteiger partial charge is 0.158 e. The van der Waals surface area contributed by atoms with Crippen LogP contribution in [0.25, 0.3) is 0 Å². The number of carbonyl (C=O) groups is 1. The zero-order valence-electron chi connectivity index (χ0n) is 5.17. The summed E-state index contributed by atoms with van der Waals surface area (Å²) in [6, 6.07) is 0. The molecule has 0 saturated carbocycles. The Morgan fingerprint density at radius 1 is 1.78 bits per heavy atom. The molecule has 0 aromatic carbocycles. The summed E-state index contributed by atoms with van der Waals surface area (Å²) in [7, 11) is 0. The van der Waals surface area contributed by atoms with E-state index in [1.54, 1.807) is 0 Å². The van der Waals surface area contributed by atoms with Gasteiger partial charge in [-0.15, -0.1) is 0 Å². The van der Waals surface area contributed by atoms with Gasteiger partial charge < -0.3 is 9.84 Å². The summed E-state index contributed by atoms with van der Waals surface area (Å²) >= 11 is 0. The lowest BCUT2D eigenvalue weighted by atomic mass is 10.1. The quantitative estimate of drug-likeness (QED) is 0.531. The van der Waals surface area contributed by atoms with Crippen LogP contribution in [-0.4, -0.2) is 30.2 Å². The molecule has 1 aliphatic heterocycles. The van der Waals surface area contributed by atoms with Gasteiger partial charge in [0.25, 0.3) is 0 Å². The Balaban J connectivity index is 2.26. The van der Waals surface area contributed by atoms with Gasteiger partial charge in [-0.1, -0.05) is 0 Å². The van der Waals surface area contributed by atoms with Gasteiger partial charge >= 0.3 is 0 Å². The molecule has 9 heavy (non-hydrogen) atoms. The fourth-order valence-corrected chi connectivity index (χ4v) is 0.832. The third kappa shape index (κ3) is 1.77. The highest BCUT2D eigenvalue weighted by molar-refractivity contribution is 5.80. The number of aliphatic hydroxyl groups excluding tert-OH is 1. The third-order valence-electron chi connectivity index (χ3n) is 1.43. The van der Waals surface area contributed by atoms with Gasteiger partial charge in [-0.05, 0) is 6.42 Å². The second-order valence-electron chi connectivity index (χ2n) is 2.19. The minimum atomic E-state index is -0.0947. The van der Waals surface area contributed by atoms with Gasteiger partial charge in [-0.2, -0.15) is 0 Å². The topological polar surface area (TPSA) is 46.5 Å². The molecule has 1 saturated heterocycles. The molecule has 1 rings (SSSR count). The van der Waals surface area contributed by atoms with E-state index in [2.05, 4.69) is 0 Å². The van der Waals surface area contributed by atoms with Crippen molar-refractivity contribution in [2.24, 2.45) is 0 Å². The maximum atomic E-state index is 10.5. The van der Waals surface area contributed by atoms with Crippen molar-refractivity contribution in [3.8, 4) is 0 Å². The molecule has 0 amide bonds. The molecule has 1 atom stereocenters. The Morgan fingerprint density at radius 2 is 2.56 bits per heavy atom. The highest BCUT2D eigenvalue weighted by Crippen LogP contribution is 2.08. The van der Waals surface area contributed by atoms with Crippen LogP contribution < -0.4 is 0 Å². The number of Topliss-reactive ketones (excluding diaryl/α,β-unsaturated/α-hetero) is 1. The van der Waals surface area contributed by atoms with Crippen LogP contribution in [0.1, 0.15) is 12.8 Å². The standard InChI is InChI=1S/C6H10O3/c7-3-6-2-1-5(8)4-9-6/h6-7H,1-4H2. The van der Waals surface area contributed by atoms with E-state index in [-0.39, 0.29) is 25.1 Å². The number of ether oxygens (including phenoxy) is 1. The molecule has 0 aromatic heterocycles. The zero-order valence-corrected chi connectivity index (χ0v) is 5.17. The van der Waals surface area contributed by atoms with Crippen LogP contribution >= 0.6 is 0 Å². The molecule has 3 heteroatoms. The Kier molecular flexibility index (Phi) is 2.19. The first-order valence-electron chi connectivity index (χ1n) is 3.07. The highest BCUT2D eigenvalue weighted by atomic mass is 16.5. The monoisotopic (exact) mass is 130 g/mol. The number of hydrogen-bond acceptors (Lipinski definition) is 3. The Hall–Kier alpha value is -0.410. The normalized spacial score (nSPS) is 28.6. The number of aliphatic hydroxyl groups is 1. The summed E-state index contributed by atoms with van der Waals surface area (Å²) in [5, 5.41) is 8.54. The van der Waals surface area contributed by atoms with Crippen molar-refractivity contribution in [2.75, 3.05) is 13.2 Å². The summed E-state index contributed by atoms with van der Waals surface area (Å²) in [5.74, 6) is 0.139.